The Balaban J connectivity index is 2.23. The van der Waals surface area contributed by atoms with Crippen LogP contribution in [-0.4, -0.2) is 16.7 Å². The minimum absolute atomic E-state index is 0.0467. The molecule has 0 bridgehead atoms. The predicted molar refractivity (Wildman–Crippen MR) is 83.7 cm³/mol. The number of allylic oxidation sites excluding steroid dienone is 2. The number of phenolic OH excluding ortho intramolecular Hbond substituents is 1. The molecule has 0 fully saturated rings. The molecule has 0 unspecified atom stereocenters. The van der Waals surface area contributed by atoms with Gasteiger partial charge in [-0.05, 0) is 33.6 Å². The molecule has 104 valence electrons. The second-order valence-electron chi connectivity index (χ2n) is 4.56. The number of Topliss-reactive ketones (excluding diaryl/α,β-unsaturated/α-hetero) is 2. The van der Waals surface area contributed by atoms with Gasteiger partial charge in [-0.1, -0.05) is 41.9 Å². The van der Waals surface area contributed by atoms with Crippen molar-refractivity contribution >= 4 is 44.7 Å². The Kier molecular flexibility index (Phi) is 3.43. The fraction of sp³-hybridized carbons (Fsp3) is 0. The maximum atomic E-state index is 12.6. The number of halogens is 2. The van der Waals surface area contributed by atoms with Crippen molar-refractivity contribution in [1.29, 1.82) is 0 Å². The molecule has 0 saturated carbocycles. The largest absolute Gasteiger partial charge is 0.507 e. The molecule has 0 radical (unpaired) electrons. The van der Waals surface area contributed by atoms with Crippen molar-refractivity contribution in [3.63, 3.8) is 0 Å². The van der Waals surface area contributed by atoms with E-state index in [1.54, 1.807) is 36.4 Å². The first-order chi connectivity index (χ1) is 10.0. The second-order valence-corrected chi connectivity index (χ2v) is 5.79. The fourth-order valence-corrected chi connectivity index (χ4v) is 2.94. The monoisotopic (exact) mass is 362 g/mol. The Labute approximate surface area is 134 Å². The number of carbonyl (C=O) groups excluding carboxylic acids is 2. The summed E-state index contributed by atoms with van der Waals surface area (Å²) >= 11 is 9.30. The van der Waals surface area contributed by atoms with E-state index in [0.29, 0.717) is 21.2 Å². The number of benzene rings is 2. The van der Waals surface area contributed by atoms with E-state index >= 15 is 0 Å². The highest BCUT2D eigenvalue weighted by molar-refractivity contribution is 9.10. The Bertz CT molecular complexity index is 824. The number of hydrogen-bond donors (Lipinski definition) is 1. The highest BCUT2D eigenvalue weighted by atomic mass is 79.9. The van der Waals surface area contributed by atoms with Gasteiger partial charge in [0.1, 0.15) is 10.8 Å². The molecular formula is C16H8BrClO3. The summed E-state index contributed by atoms with van der Waals surface area (Å²) in [6.07, 6.45) is 0. The van der Waals surface area contributed by atoms with E-state index in [4.69, 9.17) is 11.6 Å². The summed E-state index contributed by atoms with van der Waals surface area (Å²) < 4.78 is 0.427. The average molecular weight is 364 g/mol. The van der Waals surface area contributed by atoms with Crippen LogP contribution in [-0.2, 0) is 0 Å². The first-order valence-electron chi connectivity index (χ1n) is 6.08. The Morgan fingerprint density at radius 2 is 1.57 bits per heavy atom. The molecular weight excluding hydrogens is 356 g/mol. The molecule has 2 aromatic rings. The molecule has 1 aliphatic rings. The number of ketones is 2. The van der Waals surface area contributed by atoms with Crippen LogP contribution >= 0.6 is 27.5 Å². The van der Waals surface area contributed by atoms with E-state index in [0.717, 1.165) is 0 Å². The van der Waals surface area contributed by atoms with Crippen molar-refractivity contribution in [1.82, 2.24) is 0 Å². The lowest BCUT2D eigenvalue weighted by molar-refractivity contribution is 0.0998. The van der Waals surface area contributed by atoms with Crippen LogP contribution in [0, 0.1) is 0 Å². The van der Waals surface area contributed by atoms with Gasteiger partial charge in [-0.3, -0.25) is 9.59 Å². The third-order valence-electron chi connectivity index (χ3n) is 3.30. The molecule has 0 heterocycles. The van der Waals surface area contributed by atoms with E-state index in [-0.39, 0.29) is 27.9 Å². The van der Waals surface area contributed by atoms with Crippen LogP contribution in [0.5, 0.6) is 5.75 Å². The SMILES string of the molecule is O=C1C(Cl)=C(c2ccc(O)c(Br)c2)C(=O)c2ccccc21. The van der Waals surface area contributed by atoms with Gasteiger partial charge in [-0.2, -0.15) is 0 Å². The van der Waals surface area contributed by atoms with Gasteiger partial charge in [0.15, 0.2) is 5.78 Å². The van der Waals surface area contributed by atoms with E-state index in [9.17, 15) is 14.7 Å². The van der Waals surface area contributed by atoms with Gasteiger partial charge in [0.25, 0.3) is 0 Å². The molecule has 1 N–H and O–H groups in total. The van der Waals surface area contributed by atoms with E-state index < -0.39 is 0 Å². The minimum Gasteiger partial charge on any atom is -0.507 e. The van der Waals surface area contributed by atoms with Crippen LogP contribution in [0.1, 0.15) is 26.3 Å². The van der Waals surface area contributed by atoms with Crippen molar-refractivity contribution in [2.24, 2.45) is 0 Å². The molecule has 0 amide bonds. The van der Waals surface area contributed by atoms with Gasteiger partial charge in [0.2, 0.25) is 5.78 Å². The number of rotatable bonds is 1. The summed E-state index contributed by atoms with van der Waals surface area (Å²) in [7, 11) is 0. The van der Waals surface area contributed by atoms with Crippen molar-refractivity contribution < 1.29 is 14.7 Å². The molecule has 2 aromatic carbocycles. The van der Waals surface area contributed by atoms with Gasteiger partial charge in [0, 0.05) is 11.1 Å². The standard InChI is InChI=1S/C16H8BrClO3/c17-11-7-8(5-6-12(11)19)13-14(18)16(21)10-4-2-1-3-9(10)15(13)20/h1-7,19H. The first-order valence-corrected chi connectivity index (χ1v) is 7.25. The van der Waals surface area contributed by atoms with E-state index in [1.165, 1.54) is 6.07 Å². The average Bonchev–Trinajstić information content (AvgIpc) is 2.49. The van der Waals surface area contributed by atoms with E-state index in [2.05, 4.69) is 15.9 Å². The lowest BCUT2D eigenvalue weighted by atomic mass is 9.86. The molecule has 5 heteroatoms. The molecule has 1 aliphatic carbocycles. The van der Waals surface area contributed by atoms with Gasteiger partial charge < -0.3 is 5.11 Å². The molecule has 0 atom stereocenters. The molecule has 0 spiro atoms. The van der Waals surface area contributed by atoms with Crippen LogP contribution < -0.4 is 0 Å². The number of hydrogen-bond acceptors (Lipinski definition) is 3. The molecule has 3 rings (SSSR count). The maximum Gasteiger partial charge on any atom is 0.205 e. The minimum atomic E-state index is -0.369. The Morgan fingerprint density at radius 1 is 0.952 bits per heavy atom. The first kappa shape index (κ1) is 14.0. The van der Waals surface area contributed by atoms with Gasteiger partial charge in [0.05, 0.1) is 10.0 Å². The number of fused-ring (bicyclic) bond motifs is 1. The molecule has 21 heavy (non-hydrogen) atoms. The van der Waals surface area contributed by atoms with Gasteiger partial charge in [-0.15, -0.1) is 0 Å². The van der Waals surface area contributed by atoms with Crippen LogP contribution in [0.3, 0.4) is 0 Å². The maximum absolute atomic E-state index is 12.6. The van der Waals surface area contributed by atoms with Crippen LogP contribution in [0.25, 0.3) is 5.57 Å². The van der Waals surface area contributed by atoms with Crippen LogP contribution in [0.15, 0.2) is 52.0 Å². The number of aromatic hydroxyl groups is 1. The van der Waals surface area contributed by atoms with Gasteiger partial charge >= 0.3 is 0 Å². The van der Waals surface area contributed by atoms with Crippen molar-refractivity contribution in [3.05, 3.63) is 68.7 Å². The number of carbonyl (C=O) groups is 2. The highest BCUT2D eigenvalue weighted by Gasteiger charge is 2.31. The summed E-state index contributed by atoms with van der Waals surface area (Å²) in [5, 5.41) is 9.44. The van der Waals surface area contributed by atoms with Crippen molar-refractivity contribution in [2.75, 3.05) is 0 Å². The fourth-order valence-electron chi connectivity index (χ4n) is 2.27. The smallest absolute Gasteiger partial charge is 0.205 e. The zero-order valence-corrected chi connectivity index (χ0v) is 12.9. The van der Waals surface area contributed by atoms with Crippen LogP contribution in [0.4, 0.5) is 0 Å². The predicted octanol–water partition coefficient (Wildman–Crippen LogP) is 4.18. The summed E-state index contributed by atoms with van der Waals surface area (Å²) in [4.78, 5) is 24.9. The lowest BCUT2D eigenvalue weighted by Crippen LogP contribution is -2.19. The number of phenols is 1. The lowest BCUT2D eigenvalue weighted by Gasteiger charge is -2.18. The summed E-state index contributed by atoms with van der Waals surface area (Å²) in [6, 6.07) is 11.1. The normalized spacial score (nSPS) is 14.4. The second kappa shape index (κ2) is 5.13. The third kappa shape index (κ3) is 2.20. The quantitative estimate of drug-likeness (QED) is 0.827. The zero-order chi connectivity index (χ0) is 15.1. The molecule has 0 aromatic heterocycles. The third-order valence-corrected chi connectivity index (χ3v) is 4.29. The van der Waals surface area contributed by atoms with E-state index in [1.807, 2.05) is 0 Å². The topological polar surface area (TPSA) is 54.4 Å². The Morgan fingerprint density at radius 3 is 2.19 bits per heavy atom. The van der Waals surface area contributed by atoms with Gasteiger partial charge in [-0.25, -0.2) is 0 Å². The van der Waals surface area contributed by atoms with Crippen LogP contribution in [0.2, 0.25) is 0 Å². The van der Waals surface area contributed by atoms with Crippen molar-refractivity contribution in [2.45, 2.75) is 0 Å². The van der Waals surface area contributed by atoms with Crippen molar-refractivity contribution in [3.8, 4) is 5.75 Å². The molecule has 3 nitrogen and oxygen atoms in total. The zero-order valence-electron chi connectivity index (χ0n) is 10.6. The summed E-state index contributed by atoms with van der Waals surface area (Å²) in [5.41, 5.74) is 1.29. The molecule has 0 saturated heterocycles. The Hall–Kier alpha value is -1.91. The highest BCUT2D eigenvalue weighted by Crippen LogP contribution is 2.36. The summed E-state index contributed by atoms with van der Waals surface area (Å²) in [5.74, 6) is -0.621. The summed E-state index contributed by atoms with van der Waals surface area (Å²) in [6.45, 7) is 0. The molecule has 0 aliphatic heterocycles.